The molecule has 34 heavy (non-hydrogen) atoms. The van der Waals surface area contributed by atoms with Gasteiger partial charge in [0.25, 0.3) is 16.0 Å². The van der Waals surface area contributed by atoms with Crippen molar-refractivity contribution in [2.75, 3.05) is 12.8 Å². The van der Waals surface area contributed by atoms with Crippen molar-refractivity contribution in [2.45, 2.75) is 57.0 Å². The first-order valence-electron chi connectivity index (χ1n) is 11.2. The van der Waals surface area contributed by atoms with Gasteiger partial charge < -0.3 is 9.64 Å². The molecule has 2 heterocycles. The molecule has 0 saturated carbocycles. The zero-order valence-electron chi connectivity index (χ0n) is 19.8. The maximum atomic E-state index is 13.8. The molecule has 0 bridgehead atoms. The topological polar surface area (TPSA) is 93.2 Å². The van der Waals surface area contributed by atoms with Crippen molar-refractivity contribution >= 4 is 22.1 Å². The molecular formula is C25H30N2O6S. The Bertz CT molecular complexity index is 1160. The van der Waals surface area contributed by atoms with Crippen molar-refractivity contribution in [2.24, 2.45) is 0 Å². The number of ether oxygens (including phenoxy) is 1. The van der Waals surface area contributed by atoms with E-state index in [-0.39, 0.29) is 18.9 Å². The highest BCUT2D eigenvalue weighted by Gasteiger charge is 2.69. The van der Waals surface area contributed by atoms with Crippen LogP contribution >= 0.6 is 0 Å². The standard InChI is InChI=1S/C25H30N2O6S/c1-24(2,3)32-23(29)27-17-20(33-34(4,30)31)15-25(27)21(19-13-9-6-10-14-19)26(22(25)28)16-18-11-7-5-8-12-18/h5-14,20-21H,15-17H2,1-4H3/t20-,21-,25+/m1/s1. The number of benzene rings is 2. The highest BCUT2D eigenvalue weighted by atomic mass is 32.2. The van der Waals surface area contributed by atoms with Gasteiger partial charge >= 0.3 is 6.09 Å². The van der Waals surface area contributed by atoms with Gasteiger partial charge in [-0.1, -0.05) is 60.7 Å². The molecular weight excluding hydrogens is 456 g/mol. The van der Waals surface area contributed by atoms with Crippen molar-refractivity contribution in [3.63, 3.8) is 0 Å². The van der Waals surface area contributed by atoms with Crippen molar-refractivity contribution in [3.05, 3.63) is 71.8 Å². The molecule has 0 unspecified atom stereocenters. The minimum Gasteiger partial charge on any atom is -0.444 e. The summed E-state index contributed by atoms with van der Waals surface area (Å²) in [6, 6.07) is 18.6. The third-order valence-electron chi connectivity index (χ3n) is 6.04. The largest absolute Gasteiger partial charge is 0.444 e. The molecule has 0 radical (unpaired) electrons. The number of carbonyl (C=O) groups is 2. The summed E-state index contributed by atoms with van der Waals surface area (Å²) in [5.41, 5.74) is -0.273. The molecule has 0 aliphatic carbocycles. The predicted molar refractivity (Wildman–Crippen MR) is 126 cm³/mol. The van der Waals surface area contributed by atoms with Gasteiger partial charge in [0.1, 0.15) is 5.60 Å². The second-order valence-corrected chi connectivity index (χ2v) is 11.5. The third-order valence-corrected chi connectivity index (χ3v) is 6.66. The van der Waals surface area contributed by atoms with E-state index in [9.17, 15) is 18.0 Å². The maximum Gasteiger partial charge on any atom is 0.411 e. The van der Waals surface area contributed by atoms with E-state index >= 15 is 0 Å². The Hall–Kier alpha value is -2.91. The molecule has 0 aromatic heterocycles. The van der Waals surface area contributed by atoms with Crippen LogP contribution in [0.1, 0.15) is 44.4 Å². The van der Waals surface area contributed by atoms with Crippen LogP contribution in [0.3, 0.4) is 0 Å². The van der Waals surface area contributed by atoms with Crippen molar-refractivity contribution < 1.29 is 26.9 Å². The summed E-state index contributed by atoms with van der Waals surface area (Å²) in [6.07, 6.45) is -0.491. The zero-order chi connectivity index (χ0) is 24.7. The lowest BCUT2D eigenvalue weighted by Gasteiger charge is -2.57. The van der Waals surface area contributed by atoms with Crippen LogP contribution in [0.25, 0.3) is 0 Å². The van der Waals surface area contributed by atoms with Gasteiger partial charge in [-0.25, -0.2) is 4.79 Å². The summed E-state index contributed by atoms with van der Waals surface area (Å²) < 4.78 is 34.7. The Morgan fingerprint density at radius 2 is 1.65 bits per heavy atom. The van der Waals surface area contributed by atoms with Gasteiger partial charge in [-0.15, -0.1) is 0 Å². The number of amides is 2. The molecule has 2 aromatic rings. The Kier molecular flexibility index (Phi) is 6.20. The molecule has 182 valence electrons. The summed E-state index contributed by atoms with van der Waals surface area (Å²) in [4.78, 5) is 30.2. The van der Waals surface area contributed by atoms with Gasteiger partial charge in [0.05, 0.1) is 24.9 Å². The van der Waals surface area contributed by atoms with Crippen LogP contribution in [0.5, 0.6) is 0 Å². The molecule has 2 aliphatic rings. The minimum absolute atomic E-state index is 0.0585. The number of hydrogen-bond acceptors (Lipinski definition) is 6. The molecule has 2 aromatic carbocycles. The second-order valence-electron chi connectivity index (χ2n) is 9.87. The van der Waals surface area contributed by atoms with Crippen molar-refractivity contribution in [3.8, 4) is 0 Å². The first-order valence-corrected chi connectivity index (χ1v) is 13.0. The molecule has 2 aliphatic heterocycles. The molecule has 3 atom stereocenters. The van der Waals surface area contributed by atoms with Gasteiger partial charge in [0.2, 0.25) is 0 Å². The Morgan fingerprint density at radius 1 is 1.06 bits per heavy atom. The summed E-state index contributed by atoms with van der Waals surface area (Å²) >= 11 is 0. The number of β-lactam (4-membered cyclic amide) rings is 1. The van der Waals surface area contributed by atoms with Gasteiger partial charge in [-0.05, 0) is 31.9 Å². The lowest BCUT2D eigenvalue weighted by atomic mass is 9.72. The quantitative estimate of drug-likeness (QED) is 0.474. The van der Waals surface area contributed by atoms with Crippen LogP contribution in [-0.4, -0.2) is 60.3 Å². The van der Waals surface area contributed by atoms with E-state index in [0.717, 1.165) is 17.4 Å². The fraction of sp³-hybridized carbons (Fsp3) is 0.440. The smallest absolute Gasteiger partial charge is 0.411 e. The SMILES string of the molecule is CC(C)(C)OC(=O)N1C[C@H](OS(C)(=O)=O)C[C@]12C(=O)N(Cc1ccccc1)[C@@H]2c1ccccc1. The van der Waals surface area contributed by atoms with Crippen LogP contribution in [0, 0.1) is 0 Å². The van der Waals surface area contributed by atoms with Gasteiger partial charge in [-0.3, -0.25) is 13.9 Å². The Balaban J connectivity index is 1.76. The molecule has 2 amide bonds. The van der Waals surface area contributed by atoms with Crippen LogP contribution < -0.4 is 0 Å². The van der Waals surface area contributed by atoms with Crippen molar-refractivity contribution in [1.82, 2.24) is 9.80 Å². The molecule has 8 nitrogen and oxygen atoms in total. The summed E-state index contributed by atoms with van der Waals surface area (Å²) in [6.45, 7) is 5.54. The molecule has 2 saturated heterocycles. The monoisotopic (exact) mass is 486 g/mol. The lowest BCUT2D eigenvalue weighted by Crippen LogP contribution is -2.74. The first-order chi connectivity index (χ1) is 15.9. The molecule has 2 fully saturated rings. The summed E-state index contributed by atoms with van der Waals surface area (Å²) in [7, 11) is -3.79. The minimum atomic E-state index is -3.79. The van der Waals surface area contributed by atoms with E-state index in [2.05, 4.69) is 0 Å². The molecule has 1 spiro atoms. The fourth-order valence-electron chi connectivity index (χ4n) is 4.93. The van der Waals surface area contributed by atoms with Crippen LogP contribution in [0.15, 0.2) is 60.7 Å². The van der Waals surface area contributed by atoms with Crippen LogP contribution in [0.2, 0.25) is 0 Å². The normalized spacial score (nSPS) is 24.9. The van der Waals surface area contributed by atoms with Gasteiger partial charge in [0, 0.05) is 13.0 Å². The number of rotatable bonds is 5. The highest BCUT2D eigenvalue weighted by molar-refractivity contribution is 7.86. The summed E-state index contributed by atoms with van der Waals surface area (Å²) in [5, 5.41) is 0. The molecule has 0 N–H and O–H groups in total. The van der Waals surface area contributed by atoms with E-state index in [1.165, 1.54) is 4.90 Å². The average molecular weight is 487 g/mol. The van der Waals surface area contributed by atoms with E-state index in [1.807, 2.05) is 60.7 Å². The highest BCUT2D eigenvalue weighted by Crippen LogP contribution is 2.54. The number of nitrogens with zero attached hydrogens (tertiary/aromatic N) is 2. The predicted octanol–water partition coefficient (Wildman–Crippen LogP) is 3.49. The second kappa shape index (κ2) is 8.70. The summed E-state index contributed by atoms with van der Waals surface area (Å²) in [5.74, 6) is -0.254. The number of carbonyl (C=O) groups excluding carboxylic acids is 2. The zero-order valence-corrected chi connectivity index (χ0v) is 20.6. The fourth-order valence-corrected chi connectivity index (χ4v) is 5.55. The van der Waals surface area contributed by atoms with E-state index in [4.69, 9.17) is 8.92 Å². The molecule has 4 rings (SSSR count). The molecule has 9 heteroatoms. The first kappa shape index (κ1) is 24.2. The van der Waals surface area contributed by atoms with Crippen LogP contribution in [0.4, 0.5) is 4.79 Å². The van der Waals surface area contributed by atoms with Gasteiger partial charge in [-0.2, -0.15) is 8.42 Å². The lowest BCUT2D eigenvalue weighted by molar-refractivity contribution is -0.175. The number of likely N-dealkylation sites (tertiary alicyclic amines) is 2. The Morgan fingerprint density at radius 3 is 2.21 bits per heavy atom. The Labute approximate surface area is 200 Å². The average Bonchev–Trinajstić information content (AvgIpc) is 3.13. The maximum absolute atomic E-state index is 13.8. The van der Waals surface area contributed by atoms with E-state index < -0.39 is 39.5 Å². The van der Waals surface area contributed by atoms with Gasteiger partial charge in [0.15, 0.2) is 5.54 Å². The van der Waals surface area contributed by atoms with E-state index in [0.29, 0.717) is 6.54 Å². The number of hydrogen-bond donors (Lipinski definition) is 0. The van der Waals surface area contributed by atoms with E-state index in [1.54, 1.807) is 25.7 Å². The third kappa shape index (κ3) is 4.67. The van der Waals surface area contributed by atoms with Crippen molar-refractivity contribution in [1.29, 1.82) is 0 Å². The van der Waals surface area contributed by atoms with Crippen LogP contribution in [-0.2, 0) is 30.4 Å².